The van der Waals surface area contributed by atoms with Crippen LogP contribution in [-0.4, -0.2) is 35.7 Å². The second-order valence-corrected chi connectivity index (χ2v) is 4.99. The summed E-state index contributed by atoms with van der Waals surface area (Å²) in [6.07, 6.45) is 0. The quantitative estimate of drug-likeness (QED) is 0.840. The van der Waals surface area contributed by atoms with Crippen molar-refractivity contribution in [3.05, 3.63) is 53.2 Å². The number of rotatable bonds is 7. The number of furan rings is 1. The van der Waals surface area contributed by atoms with Gasteiger partial charge in [-0.15, -0.1) is 0 Å². The lowest BCUT2D eigenvalue weighted by molar-refractivity contribution is -0.0521. The van der Waals surface area contributed by atoms with Crippen LogP contribution in [0.3, 0.4) is 0 Å². The van der Waals surface area contributed by atoms with Crippen LogP contribution >= 0.6 is 0 Å². The molecular weight excluding hydrogens is 327 g/mol. The Labute approximate surface area is 136 Å². The Morgan fingerprint density at radius 3 is 2.62 bits per heavy atom. The van der Waals surface area contributed by atoms with E-state index < -0.39 is 24.1 Å². The molecule has 1 amide bonds. The van der Waals surface area contributed by atoms with E-state index in [1.165, 1.54) is 11.0 Å². The van der Waals surface area contributed by atoms with Gasteiger partial charge in [0, 0.05) is 12.1 Å². The molecule has 1 aromatic heterocycles. The van der Waals surface area contributed by atoms with Gasteiger partial charge in [0.1, 0.15) is 11.5 Å². The van der Waals surface area contributed by atoms with Gasteiger partial charge in [0.2, 0.25) is 0 Å². The molecule has 0 aliphatic rings. The van der Waals surface area contributed by atoms with Crippen molar-refractivity contribution in [3.63, 3.8) is 0 Å². The minimum atomic E-state index is -3.16. The molecular formula is C16H16F3NO4. The number of halogens is 3. The Balaban J connectivity index is 2.18. The van der Waals surface area contributed by atoms with Crippen LogP contribution in [0.5, 0.6) is 5.75 Å². The number of aliphatic hydroxyl groups is 1. The maximum Gasteiger partial charge on any atom is 0.387 e. The molecule has 0 aliphatic carbocycles. The lowest BCUT2D eigenvalue weighted by Crippen LogP contribution is -2.33. The summed E-state index contributed by atoms with van der Waals surface area (Å²) >= 11 is 0. The zero-order valence-corrected chi connectivity index (χ0v) is 12.8. The molecule has 0 fully saturated rings. The fourth-order valence-corrected chi connectivity index (χ4v) is 2.14. The Kier molecular flexibility index (Phi) is 5.86. The van der Waals surface area contributed by atoms with Gasteiger partial charge in [0.05, 0.1) is 13.2 Å². The monoisotopic (exact) mass is 343 g/mol. The molecule has 0 saturated heterocycles. The Hall–Kier alpha value is -2.48. The lowest BCUT2D eigenvalue weighted by Gasteiger charge is -2.21. The number of nitrogens with zero attached hydrogens (tertiary/aromatic N) is 1. The summed E-state index contributed by atoms with van der Waals surface area (Å²) in [6.45, 7) is -1.60. The van der Waals surface area contributed by atoms with Crippen LogP contribution in [0.1, 0.15) is 21.9 Å². The topological polar surface area (TPSA) is 62.9 Å². The molecule has 0 aliphatic heterocycles. The van der Waals surface area contributed by atoms with Gasteiger partial charge in [0.15, 0.2) is 11.6 Å². The molecule has 2 rings (SSSR count). The minimum Gasteiger partial charge on any atom is -0.464 e. The fraction of sp³-hybridized carbons (Fsp3) is 0.312. The lowest BCUT2D eigenvalue weighted by atomic mass is 10.1. The second kappa shape index (κ2) is 7.87. The number of hydrogen-bond donors (Lipinski definition) is 1. The molecule has 2 aromatic rings. The number of aryl methyl sites for hydroxylation is 1. The standard InChI is InChI=1S/C16H16F3NO4/c1-10-2-4-12(23-10)9-20(6-7-21)15(22)11-3-5-14(13(17)8-11)24-16(18)19/h2-5,8,16,21H,6-7,9H2,1H3. The highest BCUT2D eigenvalue weighted by Crippen LogP contribution is 2.22. The van der Waals surface area contributed by atoms with E-state index in [0.29, 0.717) is 11.5 Å². The average molecular weight is 343 g/mol. The van der Waals surface area contributed by atoms with Crippen LogP contribution in [0.15, 0.2) is 34.7 Å². The summed E-state index contributed by atoms with van der Waals surface area (Å²) in [4.78, 5) is 13.7. The van der Waals surface area contributed by atoms with Crippen molar-refractivity contribution in [2.75, 3.05) is 13.2 Å². The number of amides is 1. The Morgan fingerprint density at radius 2 is 2.08 bits per heavy atom. The van der Waals surface area contributed by atoms with Crippen LogP contribution in [0.2, 0.25) is 0 Å². The van der Waals surface area contributed by atoms with Gasteiger partial charge < -0.3 is 19.2 Å². The number of hydrogen-bond acceptors (Lipinski definition) is 4. The van der Waals surface area contributed by atoms with E-state index in [4.69, 9.17) is 9.52 Å². The maximum absolute atomic E-state index is 13.8. The first-order chi connectivity index (χ1) is 11.4. The van der Waals surface area contributed by atoms with Gasteiger partial charge in [-0.25, -0.2) is 4.39 Å². The predicted molar refractivity (Wildman–Crippen MR) is 78.3 cm³/mol. The van der Waals surface area contributed by atoms with E-state index in [1.54, 1.807) is 19.1 Å². The zero-order chi connectivity index (χ0) is 17.7. The van der Waals surface area contributed by atoms with Gasteiger partial charge in [-0.05, 0) is 37.3 Å². The first kappa shape index (κ1) is 17.9. The molecule has 8 heteroatoms. The Morgan fingerprint density at radius 1 is 1.33 bits per heavy atom. The molecule has 24 heavy (non-hydrogen) atoms. The molecule has 0 atom stereocenters. The average Bonchev–Trinajstić information content (AvgIpc) is 2.93. The summed E-state index contributed by atoms with van der Waals surface area (Å²) in [5.41, 5.74) is -0.0501. The first-order valence-corrected chi connectivity index (χ1v) is 7.10. The number of aliphatic hydroxyl groups excluding tert-OH is 1. The molecule has 130 valence electrons. The SMILES string of the molecule is Cc1ccc(CN(CCO)C(=O)c2ccc(OC(F)F)c(F)c2)o1. The smallest absolute Gasteiger partial charge is 0.387 e. The summed E-state index contributed by atoms with van der Waals surface area (Å²) < 4.78 is 47.4. The van der Waals surface area contributed by atoms with Gasteiger partial charge in [-0.1, -0.05) is 0 Å². The summed E-state index contributed by atoms with van der Waals surface area (Å²) in [7, 11) is 0. The Bertz CT molecular complexity index is 702. The van der Waals surface area contributed by atoms with E-state index in [9.17, 15) is 18.0 Å². The predicted octanol–water partition coefficient (Wildman–Crippen LogP) is 2.96. The van der Waals surface area contributed by atoms with E-state index in [2.05, 4.69) is 4.74 Å². The molecule has 1 heterocycles. The normalized spacial score (nSPS) is 10.9. The first-order valence-electron chi connectivity index (χ1n) is 7.10. The van der Waals surface area contributed by atoms with Crippen molar-refractivity contribution >= 4 is 5.91 Å². The third-order valence-electron chi connectivity index (χ3n) is 3.19. The van der Waals surface area contributed by atoms with Crippen molar-refractivity contribution in [1.29, 1.82) is 0 Å². The van der Waals surface area contributed by atoms with Gasteiger partial charge in [-0.2, -0.15) is 8.78 Å². The van der Waals surface area contributed by atoms with E-state index >= 15 is 0 Å². The number of benzene rings is 1. The molecule has 1 N–H and O–H groups in total. The number of carbonyl (C=O) groups is 1. The van der Waals surface area contributed by atoms with Crippen molar-refractivity contribution in [2.45, 2.75) is 20.1 Å². The number of carbonyl (C=O) groups excluding carboxylic acids is 1. The summed E-state index contributed by atoms with van der Waals surface area (Å²) in [5.74, 6) is -1.11. The fourth-order valence-electron chi connectivity index (χ4n) is 2.14. The summed E-state index contributed by atoms with van der Waals surface area (Å²) in [6, 6.07) is 6.38. The van der Waals surface area contributed by atoms with E-state index in [1.807, 2.05) is 0 Å². The third-order valence-corrected chi connectivity index (χ3v) is 3.19. The highest BCUT2D eigenvalue weighted by atomic mass is 19.3. The molecule has 1 aromatic carbocycles. The van der Waals surface area contributed by atoms with Crippen LogP contribution in [-0.2, 0) is 6.54 Å². The number of alkyl halides is 2. The molecule has 0 bridgehead atoms. The summed E-state index contributed by atoms with van der Waals surface area (Å²) in [5, 5.41) is 9.11. The molecule has 5 nitrogen and oxygen atoms in total. The molecule has 0 spiro atoms. The maximum atomic E-state index is 13.8. The van der Waals surface area contributed by atoms with Gasteiger partial charge in [0.25, 0.3) is 5.91 Å². The van der Waals surface area contributed by atoms with Crippen LogP contribution < -0.4 is 4.74 Å². The minimum absolute atomic E-state index is 0.00941. The van der Waals surface area contributed by atoms with E-state index in [-0.39, 0.29) is 25.3 Å². The zero-order valence-electron chi connectivity index (χ0n) is 12.8. The van der Waals surface area contributed by atoms with Crippen molar-refractivity contribution in [2.24, 2.45) is 0 Å². The van der Waals surface area contributed by atoms with Gasteiger partial charge in [-0.3, -0.25) is 4.79 Å². The van der Waals surface area contributed by atoms with Crippen molar-refractivity contribution in [3.8, 4) is 5.75 Å². The highest BCUT2D eigenvalue weighted by molar-refractivity contribution is 5.94. The molecule has 0 radical (unpaired) electrons. The second-order valence-electron chi connectivity index (χ2n) is 4.99. The molecule has 0 saturated carbocycles. The third kappa shape index (κ3) is 4.51. The highest BCUT2D eigenvalue weighted by Gasteiger charge is 2.19. The van der Waals surface area contributed by atoms with Crippen LogP contribution in [0.4, 0.5) is 13.2 Å². The van der Waals surface area contributed by atoms with Gasteiger partial charge >= 0.3 is 6.61 Å². The van der Waals surface area contributed by atoms with Crippen LogP contribution in [0, 0.1) is 12.7 Å². The number of ether oxygens (including phenoxy) is 1. The van der Waals surface area contributed by atoms with Crippen molar-refractivity contribution < 1.29 is 32.2 Å². The van der Waals surface area contributed by atoms with E-state index in [0.717, 1.165) is 12.1 Å². The molecule has 0 unspecified atom stereocenters. The van der Waals surface area contributed by atoms with Crippen molar-refractivity contribution in [1.82, 2.24) is 4.90 Å². The largest absolute Gasteiger partial charge is 0.464 e. The van der Waals surface area contributed by atoms with Crippen LogP contribution in [0.25, 0.3) is 0 Å².